The van der Waals surface area contributed by atoms with Gasteiger partial charge in [-0.05, 0) is 18.2 Å². The fourth-order valence-corrected chi connectivity index (χ4v) is 4.02. The van der Waals surface area contributed by atoms with Gasteiger partial charge >= 0.3 is 0 Å². The number of ether oxygens (including phenoxy) is 2. The van der Waals surface area contributed by atoms with Crippen LogP contribution in [0.2, 0.25) is 0 Å². The van der Waals surface area contributed by atoms with Crippen LogP contribution in [-0.2, 0) is 5.54 Å². The Bertz CT molecular complexity index is 886. The monoisotopic (exact) mass is 371 g/mol. The van der Waals surface area contributed by atoms with Gasteiger partial charge in [0.2, 0.25) is 5.88 Å². The lowest BCUT2D eigenvalue weighted by Gasteiger charge is -2.32. The molecule has 1 aromatic heterocycles. The fraction of sp³-hybridized carbons (Fsp3) is 0.294. The van der Waals surface area contributed by atoms with Crippen LogP contribution in [0.1, 0.15) is 22.5 Å². The van der Waals surface area contributed by atoms with Crippen LogP contribution in [0, 0.1) is 0 Å². The molecule has 4 rings (SSSR count). The molecule has 3 N–H and O–H groups in total. The van der Waals surface area contributed by atoms with Crippen molar-refractivity contribution < 1.29 is 14.3 Å². The molecule has 9 heteroatoms. The highest BCUT2D eigenvalue weighted by atomic mass is 32.2. The number of carbonyl (C=O) groups excluding carboxylic acids is 1. The van der Waals surface area contributed by atoms with E-state index in [2.05, 4.69) is 20.3 Å². The smallest absolute Gasteiger partial charge is 0.275 e. The summed E-state index contributed by atoms with van der Waals surface area (Å²) in [4.78, 5) is 25.1. The number of amides is 1. The zero-order valence-corrected chi connectivity index (χ0v) is 14.9. The SMILES string of the molecule is COc1cnc(C(=O)Nc2ccc3c(c2)C2(CCO3)CSC(N)=N2)cn1. The van der Waals surface area contributed by atoms with Gasteiger partial charge in [0, 0.05) is 23.4 Å². The van der Waals surface area contributed by atoms with Crippen LogP contribution >= 0.6 is 11.8 Å². The number of benzene rings is 1. The van der Waals surface area contributed by atoms with Crippen LogP contribution in [0.3, 0.4) is 0 Å². The van der Waals surface area contributed by atoms with E-state index in [1.165, 1.54) is 19.5 Å². The van der Waals surface area contributed by atoms with Gasteiger partial charge in [-0.25, -0.2) is 9.97 Å². The molecule has 134 valence electrons. The van der Waals surface area contributed by atoms with Gasteiger partial charge in [-0.3, -0.25) is 9.79 Å². The Morgan fingerprint density at radius 3 is 2.96 bits per heavy atom. The quantitative estimate of drug-likeness (QED) is 0.846. The van der Waals surface area contributed by atoms with E-state index >= 15 is 0 Å². The molecular weight excluding hydrogens is 354 g/mol. The Kier molecular flexibility index (Phi) is 4.15. The number of rotatable bonds is 3. The third-order valence-electron chi connectivity index (χ3n) is 4.36. The molecule has 0 saturated carbocycles. The van der Waals surface area contributed by atoms with Crippen molar-refractivity contribution in [2.45, 2.75) is 12.0 Å². The summed E-state index contributed by atoms with van der Waals surface area (Å²) in [6.45, 7) is 0.595. The Morgan fingerprint density at radius 2 is 2.27 bits per heavy atom. The van der Waals surface area contributed by atoms with Crippen LogP contribution < -0.4 is 20.5 Å². The Hall–Kier alpha value is -2.81. The van der Waals surface area contributed by atoms with Crippen molar-refractivity contribution in [1.82, 2.24) is 9.97 Å². The highest BCUT2D eigenvalue weighted by Gasteiger charge is 2.41. The number of nitrogens with two attached hydrogens (primary N) is 1. The van der Waals surface area contributed by atoms with Crippen molar-refractivity contribution in [3.63, 3.8) is 0 Å². The van der Waals surface area contributed by atoms with Crippen molar-refractivity contribution in [2.24, 2.45) is 10.7 Å². The average molecular weight is 371 g/mol. The van der Waals surface area contributed by atoms with Crippen molar-refractivity contribution in [2.75, 3.05) is 24.8 Å². The van der Waals surface area contributed by atoms with E-state index in [1.54, 1.807) is 17.8 Å². The predicted octanol–water partition coefficient (Wildman–Crippen LogP) is 1.78. The number of amidine groups is 1. The van der Waals surface area contributed by atoms with Gasteiger partial charge in [-0.2, -0.15) is 0 Å². The number of hydrogen-bond acceptors (Lipinski definition) is 8. The first kappa shape index (κ1) is 16.6. The van der Waals surface area contributed by atoms with E-state index in [1.807, 2.05) is 12.1 Å². The zero-order valence-electron chi connectivity index (χ0n) is 14.1. The summed E-state index contributed by atoms with van der Waals surface area (Å²) in [7, 11) is 1.49. The van der Waals surface area contributed by atoms with E-state index in [9.17, 15) is 4.79 Å². The second kappa shape index (κ2) is 6.49. The summed E-state index contributed by atoms with van der Waals surface area (Å²) in [5.41, 5.74) is 7.29. The first-order chi connectivity index (χ1) is 12.6. The number of aromatic nitrogens is 2. The van der Waals surface area contributed by atoms with E-state index in [4.69, 9.17) is 15.2 Å². The van der Waals surface area contributed by atoms with Crippen LogP contribution in [-0.4, -0.2) is 40.5 Å². The highest BCUT2D eigenvalue weighted by Crippen LogP contribution is 2.46. The maximum absolute atomic E-state index is 12.4. The molecule has 1 aromatic carbocycles. The molecular formula is C17H17N5O3S. The third kappa shape index (κ3) is 2.94. The third-order valence-corrected chi connectivity index (χ3v) is 5.37. The minimum atomic E-state index is -0.386. The van der Waals surface area contributed by atoms with Crippen molar-refractivity contribution >= 4 is 28.5 Å². The van der Waals surface area contributed by atoms with Gasteiger partial charge < -0.3 is 20.5 Å². The van der Waals surface area contributed by atoms with Gasteiger partial charge in [0.25, 0.3) is 5.91 Å². The molecule has 0 saturated heterocycles. The molecule has 0 fully saturated rings. The lowest BCUT2D eigenvalue weighted by Crippen LogP contribution is -2.32. The topological polar surface area (TPSA) is 112 Å². The Labute approximate surface area is 154 Å². The number of aliphatic imine (C=N–C) groups is 1. The van der Waals surface area contributed by atoms with E-state index in [0.29, 0.717) is 23.3 Å². The average Bonchev–Trinajstić information content (AvgIpc) is 3.04. The number of carbonyl (C=O) groups is 1. The lowest BCUT2D eigenvalue weighted by atomic mass is 9.86. The fourth-order valence-electron chi connectivity index (χ4n) is 3.03. The summed E-state index contributed by atoms with van der Waals surface area (Å²) >= 11 is 1.54. The molecule has 1 amide bonds. The molecule has 0 bridgehead atoms. The summed E-state index contributed by atoms with van der Waals surface area (Å²) < 4.78 is 10.7. The van der Waals surface area contributed by atoms with Crippen LogP contribution in [0.25, 0.3) is 0 Å². The largest absolute Gasteiger partial charge is 0.493 e. The minimum Gasteiger partial charge on any atom is -0.493 e. The Morgan fingerprint density at radius 1 is 1.38 bits per heavy atom. The van der Waals surface area contributed by atoms with Crippen LogP contribution in [0.5, 0.6) is 11.6 Å². The van der Waals surface area contributed by atoms with Gasteiger partial charge in [-0.15, -0.1) is 0 Å². The van der Waals surface area contributed by atoms with E-state index in [0.717, 1.165) is 23.5 Å². The molecule has 1 spiro atoms. The van der Waals surface area contributed by atoms with Gasteiger partial charge in [-0.1, -0.05) is 11.8 Å². The van der Waals surface area contributed by atoms with Gasteiger partial charge in [0.05, 0.1) is 26.1 Å². The van der Waals surface area contributed by atoms with Crippen molar-refractivity contribution in [1.29, 1.82) is 0 Å². The van der Waals surface area contributed by atoms with Crippen molar-refractivity contribution in [3.8, 4) is 11.6 Å². The second-order valence-corrected chi connectivity index (χ2v) is 6.97. The maximum atomic E-state index is 12.4. The molecule has 8 nitrogen and oxygen atoms in total. The molecule has 2 aliphatic rings. The van der Waals surface area contributed by atoms with E-state index < -0.39 is 0 Å². The molecule has 3 heterocycles. The first-order valence-electron chi connectivity index (χ1n) is 8.02. The number of anilines is 1. The number of nitrogens with zero attached hydrogens (tertiary/aromatic N) is 3. The first-order valence-corrected chi connectivity index (χ1v) is 9.01. The summed E-state index contributed by atoms with van der Waals surface area (Å²) in [6, 6.07) is 5.54. The van der Waals surface area contributed by atoms with Gasteiger partial charge in [0.15, 0.2) is 5.17 Å². The molecule has 1 unspecified atom stereocenters. The van der Waals surface area contributed by atoms with Crippen LogP contribution in [0.4, 0.5) is 5.69 Å². The molecule has 0 aliphatic carbocycles. The van der Waals surface area contributed by atoms with Crippen LogP contribution in [0.15, 0.2) is 35.6 Å². The van der Waals surface area contributed by atoms with Gasteiger partial charge in [0.1, 0.15) is 17.0 Å². The lowest BCUT2D eigenvalue weighted by molar-refractivity contribution is 0.102. The number of methoxy groups -OCH3 is 1. The predicted molar refractivity (Wildman–Crippen MR) is 98.8 cm³/mol. The van der Waals surface area contributed by atoms with Crippen molar-refractivity contribution in [3.05, 3.63) is 41.9 Å². The molecule has 26 heavy (non-hydrogen) atoms. The Balaban J connectivity index is 1.60. The highest BCUT2D eigenvalue weighted by molar-refractivity contribution is 8.14. The molecule has 2 aromatic rings. The van der Waals surface area contributed by atoms with E-state index in [-0.39, 0.29) is 17.1 Å². The minimum absolute atomic E-state index is 0.202. The number of thioether (sulfide) groups is 1. The standard InChI is InChI=1S/C17H17N5O3S/c1-24-14-8-19-12(7-20-14)15(23)21-10-2-3-13-11(6-10)17(4-5-25-13)9-26-16(18)22-17/h2-3,6-8H,4-5,9H2,1H3,(H2,18,22)(H,21,23). The second-order valence-electron chi connectivity index (χ2n) is 5.98. The number of nitrogens with one attached hydrogen (secondary N) is 1. The zero-order chi connectivity index (χ0) is 18.1. The number of fused-ring (bicyclic) bond motifs is 2. The molecule has 0 radical (unpaired) electrons. The molecule has 2 aliphatic heterocycles. The molecule has 1 atom stereocenters. The maximum Gasteiger partial charge on any atom is 0.275 e. The summed E-state index contributed by atoms with van der Waals surface area (Å²) in [5, 5.41) is 3.42. The number of hydrogen-bond donors (Lipinski definition) is 2. The summed E-state index contributed by atoms with van der Waals surface area (Å²) in [6.07, 6.45) is 3.53. The summed E-state index contributed by atoms with van der Waals surface area (Å²) in [5.74, 6) is 1.55. The normalized spacial score (nSPS) is 20.9.